The Bertz CT molecular complexity index is 379. The van der Waals surface area contributed by atoms with Crippen LogP contribution in [-0.2, 0) is 14.3 Å². The predicted molar refractivity (Wildman–Crippen MR) is 62.6 cm³/mol. The maximum absolute atomic E-state index is 11.5. The predicted octanol–water partition coefficient (Wildman–Crippen LogP) is 0.532. The first kappa shape index (κ1) is 12.6. The molecule has 2 rings (SSSR count). The van der Waals surface area contributed by atoms with Crippen molar-refractivity contribution in [3.63, 3.8) is 0 Å². The van der Waals surface area contributed by atoms with Crippen molar-refractivity contribution in [1.29, 1.82) is 0 Å². The number of piperidine rings is 1. The van der Waals surface area contributed by atoms with Crippen molar-refractivity contribution >= 4 is 17.9 Å². The van der Waals surface area contributed by atoms with E-state index in [0.29, 0.717) is 32.5 Å². The van der Waals surface area contributed by atoms with Crippen molar-refractivity contribution in [3.8, 4) is 0 Å². The molecule has 2 aliphatic heterocycles. The van der Waals surface area contributed by atoms with E-state index in [1.807, 2.05) is 0 Å². The van der Waals surface area contributed by atoms with Crippen LogP contribution in [0.1, 0.15) is 19.8 Å². The summed E-state index contributed by atoms with van der Waals surface area (Å²) >= 11 is 0. The van der Waals surface area contributed by atoms with Crippen molar-refractivity contribution in [3.05, 3.63) is 12.2 Å². The summed E-state index contributed by atoms with van der Waals surface area (Å²) in [6.07, 6.45) is 3.48. The quantitative estimate of drug-likeness (QED) is 0.672. The van der Waals surface area contributed by atoms with Crippen molar-refractivity contribution in [1.82, 2.24) is 9.80 Å². The van der Waals surface area contributed by atoms with Crippen LogP contribution in [0.3, 0.4) is 0 Å². The summed E-state index contributed by atoms with van der Waals surface area (Å²) in [5.41, 5.74) is 0. The molecule has 0 N–H and O–H groups in total. The van der Waals surface area contributed by atoms with E-state index in [2.05, 4.69) is 0 Å². The molecule has 98 valence electrons. The molecule has 3 amide bonds. The van der Waals surface area contributed by atoms with Crippen LogP contribution in [0.2, 0.25) is 0 Å². The zero-order valence-corrected chi connectivity index (χ0v) is 10.3. The second kappa shape index (κ2) is 5.20. The average molecular weight is 252 g/mol. The Hall–Kier alpha value is -1.85. The lowest BCUT2D eigenvalue weighted by Gasteiger charge is -2.35. The van der Waals surface area contributed by atoms with Crippen molar-refractivity contribution in [2.45, 2.75) is 25.8 Å². The van der Waals surface area contributed by atoms with E-state index in [9.17, 15) is 14.4 Å². The minimum atomic E-state index is -0.326. The first-order valence-electron chi connectivity index (χ1n) is 6.10. The smallest absolute Gasteiger partial charge is 0.409 e. The summed E-state index contributed by atoms with van der Waals surface area (Å²) < 4.78 is 4.91. The molecule has 0 bridgehead atoms. The van der Waals surface area contributed by atoms with Gasteiger partial charge < -0.3 is 9.64 Å². The van der Waals surface area contributed by atoms with Crippen LogP contribution >= 0.6 is 0 Å². The normalized spacial score (nSPS) is 20.7. The van der Waals surface area contributed by atoms with Gasteiger partial charge in [-0.15, -0.1) is 0 Å². The molecule has 0 aromatic carbocycles. The third-order valence-electron chi connectivity index (χ3n) is 3.20. The number of amides is 3. The monoisotopic (exact) mass is 252 g/mol. The summed E-state index contributed by atoms with van der Waals surface area (Å²) in [6.45, 7) is 3.14. The molecule has 2 heterocycles. The number of hydrogen-bond donors (Lipinski definition) is 0. The highest BCUT2D eigenvalue weighted by Crippen LogP contribution is 2.20. The Morgan fingerprint density at radius 2 is 1.83 bits per heavy atom. The van der Waals surface area contributed by atoms with Crippen LogP contribution in [-0.4, -0.2) is 53.4 Å². The second-order valence-corrected chi connectivity index (χ2v) is 4.30. The van der Waals surface area contributed by atoms with E-state index < -0.39 is 0 Å². The third-order valence-corrected chi connectivity index (χ3v) is 3.20. The Labute approximate surface area is 105 Å². The van der Waals surface area contributed by atoms with Gasteiger partial charge in [0.15, 0.2) is 0 Å². The largest absolute Gasteiger partial charge is 0.450 e. The Morgan fingerprint density at radius 1 is 1.28 bits per heavy atom. The molecule has 0 spiro atoms. The zero-order valence-electron chi connectivity index (χ0n) is 10.3. The highest BCUT2D eigenvalue weighted by Gasteiger charge is 2.34. The van der Waals surface area contributed by atoms with Gasteiger partial charge in [0, 0.05) is 31.3 Å². The summed E-state index contributed by atoms with van der Waals surface area (Å²) in [5, 5.41) is 0. The molecule has 2 aliphatic rings. The fraction of sp³-hybridized carbons (Fsp3) is 0.583. The number of rotatable bonds is 2. The maximum atomic E-state index is 11.5. The van der Waals surface area contributed by atoms with Crippen LogP contribution in [0.4, 0.5) is 4.79 Å². The van der Waals surface area contributed by atoms with Crippen molar-refractivity contribution < 1.29 is 19.1 Å². The summed E-state index contributed by atoms with van der Waals surface area (Å²) in [7, 11) is 0. The van der Waals surface area contributed by atoms with Gasteiger partial charge in [-0.25, -0.2) is 4.79 Å². The number of carbonyl (C=O) groups is 3. The highest BCUT2D eigenvalue weighted by atomic mass is 16.6. The molecule has 0 radical (unpaired) electrons. The minimum absolute atomic E-state index is 0.106. The zero-order chi connectivity index (χ0) is 13.1. The van der Waals surface area contributed by atoms with E-state index in [1.165, 1.54) is 17.1 Å². The molecular weight excluding hydrogens is 236 g/mol. The number of carbonyl (C=O) groups excluding carboxylic acids is 3. The first-order valence-corrected chi connectivity index (χ1v) is 6.10. The molecule has 1 fully saturated rings. The molecule has 1 saturated heterocycles. The summed E-state index contributed by atoms with van der Waals surface area (Å²) in [5.74, 6) is -0.510. The van der Waals surface area contributed by atoms with Crippen LogP contribution in [0, 0.1) is 0 Å². The molecule has 0 aliphatic carbocycles. The van der Waals surface area contributed by atoms with Crippen molar-refractivity contribution in [2.75, 3.05) is 19.7 Å². The Kier molecular flexibility index (Phi) is 3.64. The standard InChI is InChI=1S/C12H16N2O4/c1-2-18-12(17)13-7-5-9(6-8-13)14-10(15)3-4-11(14)16/h3-4,9H,2,5-8H2,1H3. The van der Waals surface area contributed by atoms with Crippen LogP contribution < -0.4 is 0 Å². The number of ether oxygens (including phenoxy) is 1. The van der Waals surface area contributed by atoms with E-state index in [1.54, 1.807) is 11.8 Å². The molecule has 0 unspecified atom stereocenters. The molecule has 0 aromatic rings. The topological polar surface area (TPSA) is 66.9 Å². The lowest BCUT2D eigenvalue weighted by atomic mass is 10.0. The van der Waals surface area contributed by atoms with E-state index in [0.717, 1.165) is 0 Å². The Morgan fingerprint density at radius 3 is 2.33 bits per heavy atom. The van der Waals surface area contributed by atoms with Crippen LogP contribution in [0.5, 0.6) is 0 Å². The molecule has 6 heteroatoms. The fourth-order valence-corrected chi connectivity index (χ4v) is 2.29. The lowest BCUT2D eigenvalue weighted by molar-refractivity contribution is -0.140. The third kappa shape index (κ3) is 2.37. The second-order valence-electron chi connectivity index (χ2n) is 4.30. The SMILES string of the molecule is CCOC(=O)N1CCC(N2C(=O)C=CC2=O)CC1. The first-order chi connectivity index (χ1) is 8.63. The average Bonchev–Trinajstić information content (AvgIpc) is 2.70. The molecule has 6 nitrogen and oxygen atoms in total. The van der Waals surface area contributed by atoms with Gasteiger partial charge >= 0.3 is 6.09 Å². The van der Waals surface area contributed by atoms with Crippen molar-refractivity contribution in [2.24, 2.45) is 0 Å². The number of nitrogens with zero attached hydrogens (tertiary/aromatic N) is 2. The molecule has 18 heavy (non-hydrogen) atoms. The Balaban J connectivity index is 1.89. The van der Waals surface area contributed by atoms with Gasteiger partial charge in [-0.3, -0.25) is 14.5 Å². The highest BCUT2D eigenvalue weighted by molar-refractivity contribution is 6.13. The van der Waals surface area contributed by atoms with E-state index >= 15 is 0 Å². The maximum Gasteiger partial charge on any atom is 0.409 e. The molecule has 0 saturated carbocycles. The number of likely N-dealkylation sites (tertiary alicyclic amines) is 1. The number of hydrogen-bond acceptors (Lipinski definition) is 4. The minimum Gasteiger partial charge on any atom is -0.450 e. The van der Waals surface area contributed by atoms with Gasteiger partial charge in [-0.05, 0) is 19.8 Å². The van der Waals surface area contributed by atoms with Crippen LogP contribution in [0.15, 0.2) is 12.2 Å². The molecule has 0 atom stereocenters. The summed E-state index contributed by atoms with van der Waals surface area (Å²) in [4.78, 5) is 37.4. The molecular formula is C12H16N2O4. The van der Waals surface area contributed by atoms with Gasteiger partial charge in [-0.2, -0.15) is 0 Å². The lowest BCUT2D eigenvalue weighted by Crippen LogP contribution is -2.48. The van der Waals surface area contributed by atoms with Gasteiger partial charge in [0.1, 0.15) is 0 Å². The van der Waals surface area contributed by atoms with E-state index in [-0.39, 0.29) is 23.9 Å². The van der Waals surface area contributed by atoms with Gasteiger partial charge in [0.2, 0.25) is 0 Å². The van der Waals surface area contributed by atoms with Gasteiger partial charge in [0.25, 0.3) is 11.8 Å². The van der Waals surface area contributed by atoms with Gasteiger partial charge in [-0.1, -0.05) is 0 Å². The fourth-order valence-electron chi connectivity index (χ4n) is 2.29. The van der Waals surface area contributed by atoms with E-state index in [4.69, 9.17) is 4.74 Å². The van der Waals surface area contributed by atoms with Crippen LogP contribution in [0.25, 0.3) is 0 Å². The molecule has 0 aromatic heterocycles. The number of imide groups is 1. The van der Waals surface area contributed by atoms with Gasteiger partial charge in [0.05, 0.1) is 6.61 Å². The summed E-state index contributed by atoms with van der Waals surface area (Å²) in [6, 6.07) is -0.106.